The fraction of sp³-hybridized carbons (Fsp3) is 0.333. The molecule has 3 rings (SSSR count). The number of ether oxygens (including phenoxy) is 3. The third-order valence-corrected chi connectivity index (χ3v) is 6.25. The van der Waals surface area contributed by atoms with E-state index in [9.17, 15) is 9.59 Å². The molecule has 1 aliphatic heterocycles. The van der Waals surface area contributed by atoms with Crippen molar-refractivity contribution in [2.45, 2.75) is 26.8 Å². The van der Waals surface area contributed by atoms with Crippen LogP contribution in [-0.4, -0.2) is 37.9 Å². The van der Waals surface area contributed by atoms with Crippen LogP contribution in [0.3, 0.4) is 0 Å². The molecule has 9 heteroatoms. The van der Waals surface area contributed by atoms with Gasteiger partial charge in [-0.2, -0.15) is 0 Å². The Bertz CT molecular complexity index is 1040. The van der Waals surface area contributed by atoms with E-state index < -0.39 is 0 Å². The molecule has 1 heterocycles. The van der Waals surface area contributed by atoms with Crippen LogP contribution in [0.1, 0.15) is 36.2 Å². The van der Waals surface area contributed by atoms with Gasteiger partial charge in [-0.15, -0.1) is 11.8 Å². The zero-order valence-electron chi connectivity index (χ0n) is 18.8. The van der Waals surface area contributed by atoms with Gasteiger partial charge in [0.2, 0.25) is 0 Å². The van der Waals surface area contributed by atoms with Gasteiger partial charge in [-0.25, -0.2) is 0 Å². The molecule has 7 nitrogen and oxygen atoms in total. The fourth-order valence-electron chi connectivity index (χ4n) is 3.11. The Balaban J connectivity index is 1.68. The summed E-state index contributed by atoms with van der Waals surface area (Å²) in [6.07, 6.45) is 0.940. The van der Waals surface area contributed by atoms with Crippen LogP contribution in [0.5, 0.6) is 11.5 Å². The zero-order valence-corrected chi connectivity index (χ0v) is 20.4. The molecular weight excluding hydrogens is 464 g/mol. The molecule has 0 saturated carbocycles. The molecule has 2 aromatic carbocycles. The minimum Gasteiger partial charge on any atom is -0.496 e. The molecule has 1 aliphatic rings. The maximum Gasteiger partial charge on any atom is 0.265 e. The van der Waals surface area contributed by atoms with Crippen molar-refractivity contribution in [1.29, 1.82) is 0 Å². The Kier molecular flexibility index (Phi) is 8.91. The lowest BCUT2D eigenvalue weighted by Crippen LogP contribution is -2.24. The first-order valence-electron chi connectivity index (χ1n) is 10.6. The molecule has 0 aliphatic carbocycles. The van der Waals surface area contributed by atoms with E-state index >= 15 is 0 Å². The van der Waals surface area contributed by atoms with E-state index in [1.54, 1.807) is 13.0 Å². The number of thioether (sulfide) groups is 1. The molecule has 0 spiro atoms. The summed E-state index contributed by atoms with van der Waals surface area (Å²) in [6.45, 7) is 5.37. The highest BCUT2D eigenvalue weighted by molar-refractivity contribution is 8.04. The van der Waals surface area contributed by atoms with Crippen LogP contribution in [0, 0.1) is 0 Å². The zero-order chi connectivity index (χ0) is 23.8. The molecule has 0 bridgehead atoms. The van der Waals surface area contributed by atoms with Gasteiger partial charge in [-0.05, 0) is 37.1 Å². The number of allylic oxidation sites excluding steroid dienone is 1. The molecule has 0 aromatic heterocycles. The van der Waals surface area contributed by atoms with Crippen molar-refractivity contribution in [3.8, 4) is 11.5 Å². The summed E-state index contributed by atoms with van der Waals surface area (Å²) >= 11 is 7.81. The number of carbonyl (C=O) groups excluding carboxylic acids is 2. The summed E-state index contributed by atoms with van der Waals surface area (Å²) in [6, 6.07) is 10.6. The maximum absolute atomic E-state index is 12.8. The van der Waals surface area contributed by atoms with Crippen LogP contribution in [0.15, 0.2) is 47.1 Å². The first kappa shape index (κ1) is 24.8. The predicted molar refractivity (Wildman–Crippen MR) is 131 cm³/mol. The van der Waals surface area contributed by atoms with Crippen LogP contribution < -0.4 is 20.1 Å². The number of benzene rings is 2. The molecule has 176 valence electrons. The van der Waals surface area contributed by atoms with Gasteiger partial charge >= 0.3 is 0 Å². The maximum atomic E-state index is 12.8. The summed E-state index contributed by atoms with van der Waals surface area (Å²) in [5, 5.41) is 5.87. The minimum atomic E-state index is -0.340. The van der Waals surface area contributed by atoms with Gasteiger partial charge in [0, 0.05) is 18.4 Å². The standard InChI is InChI=1S/C24H27ClN2O5S/c1-4-9-32-17-7-5-16(6-8-17)14-26-23(28)18-12-19(25)20(13-21(18)30-3)27-24(29)22-15(2)31-10-11-33-22/h5-8,12-13H,4,9-11,14H2,1-3H3,(H,26,28)(H,27,29). The van der Waals surface area contributed by atoms with Gasteiger partial charge in [-0.1, -0.05) is 30.7 Å². The summed E-state index contributed by atoms with van der Waals surface area (Å²) in [5.74, 6) is 1.71. The summed E-state index contributed by atoms with van der Waals surface area (Å²) < 4.78 is 16.4. The van der Waals surface area contributed by atoms with Crippen molar-refractivity contribution in [3.05, 3.63) is 63.2 Å². The number of amides is 2. The van der Waals surface area contributed by atoms with E-state index in [1.807, 2.05) is 31.2 Å². The summed E-state index contributed by atoms with van der Waals surface area (Å²) in [4.78, 5) is 25.9. The van der Waals surface area contributed by atoms with E-state index in [1.165, 1.54) is 24.9 Å². The first-order valence-corrected chi connectivity index (χ1v) is 11.9. The summed E-state index contributed by atoms with van der Waals surface area (Å²) in [7, 11) is 1.46. The highest BCUT2D eigenvalue weighted by atomic mass is 35.5. The number of hydrogen-bond donors (Lipinski definition) is 2. The van der Waals surface area contributed by atoms with Crippen LogP contribution in [0.2, 0.25) is 5.02 Å². The quantitative estimate of drug-likeness (QED) is 0.514. The van der Waals surface area contributed by atoms with Crippen molar-refractivity contribution >= 4 is 40.9 Å². The molecule has 2 amide bonds. The Morgan fingerprint density at radius 2 is 1.94 bits per heavy atom. The molecular formula is C24H27ClN2O5S. The molecule has 2 N–H and O–H groups in total. The molecule has 0 fully saturated rings. The Morgan fingerprint density at radius 3 is 2.61 bits per heavy atom. The molecule has 33 heavy (non-hydrogen) atoms. The van der Waals surface area contributed by atoms with Gasteiger partial charge in [0.15, 0.2) is 0 Å². The second-order valence-electron chi connectivity index (χ2n) is 7.24. The van der Waals surface area contributed by atoms with E-state index in [4.69, 9.17) is 25.8 Å². The van der Waals surface area contributed by atoms with Crippen molar-refractivity contribution in [1.82, 2.24) is 5.32 Å². The Morgan fingerprint density at radius 1 is 1.18 bits per heavy atom. The molecule has 0 saturated heterocycles. The van der Waals surface area contributed by atoms with E-state index in [0.29, 0.717) is 47.6 Å². The Labute approximate surface area is 202 Å². The number of carbonyl (C=O) groups is 2. The molecule has 0 atom stereocenters. The van der Waals surface area contributed by atoms with Gasteiger partial charge in [0.25, 0.3) is 11.8 Å². The average molecular weight is 491 g/mol. The fourth-order valence-corrected chi connectivity index (χ4v) is 4.13. The third kappa shape index (κ3) is 6.58. The van der Waals surface area contributed by atoms with Crippen molar-refractivity contribution in [3.63, 3.8) is 0 Å². The SMILES string of the molecule is CCCOc1ccc(CNC(=O)c2cc(Cl)c(NC(=O)C3=C(C)OCCS3)cc2OC)cc1. The second kappa shape index (κ2) is 11.9. The largest absolute Gasteiger partial charge is 0.496 e. The smallest absolute Gasteiger partial charge is 0.265 e. The summed E-state index contributed by atoms with van der Waals surface area (Å²) in [5.41, 5.74) is 1.55. The highest BCUT2D eigenvalue weighted by Crippen LogP contribution is 2.33. The minimum absolute atomic E-state index is 0.228. The number of nitrogens with one attached hydrogen (secondary N) is 2. The normalized spacial score (nSPS) is 13.2. The number of hydrogen-bond acceptors (Lipinski definition) is 6. The number of rotatable bonds is 9. The van der Waals surface area contributed by atoms with Gasteiger partial charge in [0.05, 0.1) is 36.6 Å². The second-order valence-corrected chi connectivity index (χ2v) is 8.76. The predicted octanol–water partition coefficient (Wildman–Crippen LogP) is 5.00. The van der Waals surface area contributed by atoms with E-state index in [0.717, 1.165) is 17.7 Å². The lowest BCUT2D eigenvalue weighted by molar-refractivity contribution is -0.112. The van der Waals surface area contributed by atoms with Crippen molar-refractivity contribution in [2.75, 3.05) is 31.4 Å². The van der Waals surface area contributed by atoms with Gasteiger partial charge in [0.1, 0.15) is 22.2 Å². The third-order valence-electron chi connectivity index (χ3n) is 4.81. The van der Waals surface area contributed by atoms with Gasteiger partial charge in [-0.3, -0.25) is 9.59 Å². The monoisotopic (exact) mass is 490 g/mol. The van der Waals surface area contributed by atoms with Crippen LogP contribution >= 0.6 is 23.4 Å². The van der Waals surface area contributed by atoms with Crippen LogP contribution in [-0.2, 0) is 16.1 Å². The van der Waals surface area contributed by atoms with Gasteiger partial charge < -0.3 is 24.8 Å². The number of methoxy groups -OCH3 is 1. The topological polar surface area (TPSA) is 85.9 Å². The molecule has 0 unspecified atom stereocenters. The van der Waals surface area contributed by atoms with E-state index in [2.05, 4.69) is 10.6 Å². The van der Waals surface area contributed by atoms with Crippen molar-refractivity contribution in [2.24, 2.45) is 0 Å². The first-order chi connectivity index (χ1) is 15.9. The van der Waals surface area contributed by atoms with Crippen molar-refractivity contribution < 1.29 is 23.8 Å². The number of anilines is 1. The number of halogens is 1. The van der Waals surface area contributed by atoms with Crippen LogP contribution in [0.4, 0.5) is 5.69 Å². The lowest BCUT2D eigenvalue weighted by Gasteiger charge is -2.18. The highest BCUT2D eigenvalue weighted by Gasteiger charge is 2.22. The Hall–Kier alpha value is -2.84. The lowest BCUT2D eigenvalue weighted by atomic mass is 10.1. The average Bonchev–Trinajstić information content (AvgIpc) is 2.83. The van der Waals surface area contributed by atoms with Crippen LogP contribution in [0.25, 0.3) is 0 Å². The van der Waals surface area contributed by atoms with E-state index in [-0.39, 0.29) is 22.4 Å². The molecule has 2 aromatic rings. The molecule has 0 radical (unpaired) electrons.